The zero-order valence-corrected chi connectivity index (χ0v) is 13.9. The molecule has 5 heteroatoms. The van der Waals surface area contributed by atoms with Gasteiger partial charge in [-0.05, 0) is 31.4 Å². The highest BCUT2D eigenvalue weighted by Crippen LogP contribution is 2.24. The normalized spacial score (nSPS) is 15.8. The van der Waals surface area contributed by atoms with Gasteiger partial charge < -0.3 is 14.2 Å². The molecule has 3 rings (SSSR count). The van der Waals surface area contributed by atoms with Gasteiger partial charge in [-0.25, -0.2) is 4.79 Å². The molecule has 0 unspecified atom stereocenters. The Morgan fingerprint density at radius 2 is 1.71 bits per heavy atom. The number of hydrogen-bond acceptors (Lipinski definition) is 3. The highest BCUT2D eigenvalue weighted by atomic mass is 16.5. The molecule has 0 aliphatic carbocycles. The Labute approximate surface area is 141 Å². The molecular formula is C19H22N2O3. The van der Waals surface area contributed by atoms with Crippen molar-refractivity contribution in [1.82, 2.24) is 9.47 Å². The maximum atomic E-state index is 12.9. The van der Waals surface area contributed by atoms with Crippen molar-refractivity contribution >= 4 is 11.9 Å². The lowest BCUT2D eigenvalue weighted by Crippen LogP contribution is -2.40. The summed E-state index contributed by atoms with van der Waals surface area (Å²) in [6.07, 6.45) is 4.02. The van der Waals surface area contributed by atoms with E-state index in [1.54, 1.807) is 34.8 Å². The van der Waals surface area contributed by atoms with Crippen molar-refractivity contribution in [3.05, 3.63) is 59.9 Å². The largest absolute Gasteiger partial charge is 0.443 e. The number of likely N-dealkylation sites (tertiary alicyclic amines) is 1. The van der Waals surface area contributed by atoms with E-state index in [9.17, 15) is 9.59 Å². The molecule has 2 aromatic rings. The number of esters is 1. The summed E-state index contributed by atoms with van der Waals surface area (Å²) < 4.78 is 7.32. The molecule has 0 bridgehead atoms. The lowest BCUT2D eigenvalue weighted by molar-refractivity contribution is -0.142. The van der Waals surface area contributed by atoms with Gasteiger partial charge in [0.25, 0.3) is 5.91 Å². The zero-order valence-electron chi connectivity index (χ0n) is 13.9. The number of carbonyl (C=O) groups is 2. The zero-order chi connectivity index (χ0) is 16.9. The molecule has 0 spiro atoms. The van der Waals surface area contributed by atoms with Crippen molar-refractivity contribution in [3.8, 4) is 0 Å². The number of hydrogen-bond donors (Lipinski definition) is 0. The number of benzene rings is 1. The van der Waals surface area contributed by atoms with Crippen molar-refractivity contribution in [2.75, 3.05) is 13.1 Å². The SMILES string of the molecule is Cn1cccc1C(=O)O[C@H](C(=O)N1CCCCC1)c1ccccc1. The van der Waals surface area contributed by atoms with E-state index < -0.39 is 12.1 Å². The maximum Gasteiger partial charge on any atom is 0.356 e. The van der Waals surface area contributed by atoms with Crippen LogP contribution in [0.1, 0.15) is 41.4 Å². The summed E-state index contributed by atoms with van der Waals surface area (Å²) >= 11 is 0. The number of ether oxygens (including phenoxy) is 1. The molecule has 0 saturated carbocycles. The lowest BCUT2D eigenvalue weighted by atomic mass is 10.1. The Morgan fingerprint density at radius 3 is 2.33 bits per heavy atom. The van der Waals surface area contributed by atoms with Crippen LogP contribution in [0.4, 0.5) is 0 Å². The van der Waals surface area contributed by atoms with Gasteiger partial charge in [0.1, 0.15) is 5.69 Å². The standard InChI is InChI=1S/C19H22N2O3/c1-20-12-8-11-16(20)19(23)24-17(15-9-4-2-5-10-15)18(22)21-13-6-3-7-14-21/h2,4-5,8-12,17H,3,6-7,13-14H2,1H3/t17-/m0/s1. The fraction of sp³-hybridized carbons (Fsp3) is 0.368. The van der Waals surface area contributed by atoms with E-state index in [0.717, 1.165) is 32.4 Å². The van der Waals surface area contributed by atoms with Gasteiger partial charge in [-0.2, -0.15) is 0 Å². The van der Waals surface area contributed by atoms with Crippen molar-refractivity contribution in [1.29, 1.82) is 0 Å². The highest BCUT2D eigenvalue weighted by molar-refractivity contribution is 5.91. The van der Waals surface area contributed by atoms with Crippen LogP contribution in [0.15, 0.2) is 48.7 Å². The number of amides is 1. The number of piperidine rings is 1. The summed E-state index contributed by atoms with van der Waals surface area (Å²) in [6.45, 7) is 1.45. The molecule has 1 saturated heterocycles. The van der Waals surface area contributed by atoms with Crippen LogP contribution in [0.5, 0.6) is 0 Å². The minimum atomic E-state index is -0.897. The molecule has 24 heavy (non-hydrogen) atoms. The van der Waals surface area contributed by atoms with Crippen LogP contribution < -0.4 is 0 Å². The van der Waals surface area contributed by atoms with Crippen LogP contribution >= 0.6 is 0 Å². The molecule has 0 radical (unpaired) electrons. The molecule has 1 aliphatic heterocycles. The molecule has 1 amide bonds. The van der Waals surface area contributed by atoms with Gasteiger partial charge in [-0.1, -0.05) is 30.3 Å². The van der Waals surface area contributed by atoms with Gasteiger partial charge in [0.15, 0.2) is 0 Å². The first-order chi connectivity index (χ1) is 11.7. The molecule has 126 valence electrons. The molecule has 2 heterocycles. The van der Waals surface area contributed by atoms with E-state index in [4.69, 9.17) is 4.74 Å². The molecular weight excluding hydrogens is 304 g/mol. The van der Waals surface area contributed by atoms with Crippen LogP contribution in [0, 0.1) is 0 Å². The summed E-state index contributed by atoms with van der Waals surface area (Å²) in [5, 5.41) is 0. The van der Waals surface area contributed by atoms with Gasteiger partial charge >= 0.3 is 5.97 Å². The summed E-state index contributed by atoms with van der Waals surface area (Å²) in [5.41, 5.74) is 1.14. The van der Waals surface area contributed by atoms with E-state index in [0.29, 0.717) is 11.3 Å². The van der Waals surface area contributed by atoms with E-state index in [1.165, 1.54) is 0 Å². The quantitative estimate of drug-likeness (QED) is 0.812. The Balaban J connectivity index is 1.83. The Hall–Kier alpha value is -2.56. The average molecular weight is 326 g/mol. The number of aryl methyl sites for hydroxylation is 1. The molecule has 5 nitrogen and oxygen atoms in total. The predicted molar refractivity (Wildman–Crippen MR) is 90.4 cm³/mol. The van der Waals surface area contributed by atoms with Gasteiger partial charge in [-0.15, -0.1) is 0 Å². The third-order valence-electron chi connectivity index (χ3n) is 4.37. The van der Waals surface area contributed by atoms with Gasteiger partial charge in [0.05, 0.1) is 0 Å². The Morgan fingerprint density at radius 1 is 1.00 bits per heavy atom. The van der Waals surface area contributed by atoms with Crippen LogP contribution in [0.25, 0.3) is 0 Å². The average Bonchev–Trinajstić information content (AvgIpc) is 3.06. The number of nitrogens with zero attached hydrogens (tertiary/aromatic N) is 2. The van der Waals surface area contributed by atoms with Crippen molar-refractivity contribution < 1.29 is 14.3 Å². The molecule has 1 aromatic carbocycles. The van der Waals surface area contributed by atoms with Gasteiger partial charge in [0, 0.05) is 31.9 Å². The molecule has 0 N–H and O–H groups in total. The van der Waals surface area contributed by atoms with E-state index in [2.05, 4.69) is 0 Å². The third kappa shape index (κ3) is 3.50. The lowest BCUT2D eigenvalue weighted by Gasteiger charge is -2.30. The second-order valence-electron chi connectivity index (χ2n) is 6.09. The minimum Gasteiger partial charge on any atom is -0.443 e. The topological polar surface area (TPSA) is 51.5 Å². The third-order valence-corrected chi connectivity index (χ3v) is 4.37. The van der Waals surface area contributed by atoms with Crippen LogP contribution in [0.3, 0.4) is 0 Å². The van der Waals surface area contributed by atoms with Crippen LogP contribution in [0.2, 0.25) is 0 Å². The van der Waals surface area contributed by atoms with E-state index in [1.807, 2.05) is 30.3 Å². The molecule has 1 atom stereocenters. The van der Waals surface area contributed by atoms with Crippen molar-refractivity contribution in [2.24, 2.45) is 7.05 Å². The predicted octanol–water partition coefficient (Wildman–Crippen LogP) is 2.94. The first-order valence-corrected chi connectivity index (χ1v) is 8.33. The fourth-order valence-corrected chi connectivity index (χ4v) is 3.01. The summed E-state index contributed by atoms with van der Waals surface area (Å²) in [5.74, 6) is -0.620. The molecule has 1 aromatic heterocycles. The first kappa shape index (κ1) is 16.3. The Bertz CT molecular complexity index is 702. The van der Waals surface area contributed by atoms with Crippen molar-refractivity contribution in [2.45, 2.75) is 25.4 Å². The molecule has 1 aliphatic rings. The monoisotopic (exact) mass is 326 g/mol. The second kappa shape index (κ2) is 7.34. The van der Waals surface area contributed by atoms with Gasteiger partial charge in [0.2, 0.25) is 6.10 Å². The summed E-state index contributed by atoms with van der Waals surface area (Å²) in [6, 6.07) is 12.7. The number of rotatable bonds is 4. The van der Waals surface area contributed by atoms with E-state index in [-0.39, 0.29) is 5.91 Å². The molecule has 1 fully saturated rings. The minimum absolute atomic E-state index is 0.136. The van der Waals surface area contributed by atoms with Gasteiger partial charge in [-0.3, -0.25) is 4.79 Å². The maximum absolute atomic E-state index is 12.9. The van der Waals surface area contributed by atoms with Crippen LogP contribution in [-0.2, 0) is 16.6 Å². The summed E-state index contributed by atoms with van der Waals surface area (Å²) in [7, 11) is 1.78. The van der Waals surface area contributed by atoms with Crippen LogP contribution in [-0.4, -0.2) is 34.4 Å². The van der Waals surface area contributed by atoms with Crippen molar-refractivity contribution in [3.63, 3.8) is 0 Å². The highest BCUT2D eigenvalue weighted by Gasteiger charge is 2.31. The Kier molecular flexibility index (Phi) is 4.99. The second-order valence-corrected chi connectivity index (χ2v) is 6.09. The first-order valence-electron chi connectivity index (χ1n) is 8.33. The fourth-order valence-electron chi connectivity index (χ4n) is 3.01. The smallest absolute Gasteiger partial charge is 0.356 e. The van der Waals surface area contributed by atoms with E-state index >= 15 is 0 Å². The number of carbonyl (C=O) groups excluding carboxylic acids is 2. The summed E-state index contributed by atoms with van der Waals surface area (Å²) in [4.78, 5) is 27.2. The number of aromatic nitrogens is 1.